The van der Waals surface area contributed by atoms with E-state index in [1.807, 2.05) is 115 Å². The van der Waals surface area contributed by atoms with Crippen LogP contribution in [0.3, 0.4) is 0 Å². The molecule has 9 heteroatoms. The van der Waals surface area contributed by atoms with Gasteiger partial charge in [0.1, 0.15) is 31.3 Å². The highest BCUT2D eigenvalue weighted by Crippen LogP contribution is 2.18. The van der Waals surface area contributed by atoms with Crippen molar-refractivity contribution in [2.24, 2.45) is 5.92 Å². The Labute approximate surface area is 325 Å². The molecule has 3 atom stereocenters. The second-order valence-corrected chi connectivity index (χ2v) is 13.5. The first-order valence-electron chi connectivity index (χ1n) is 18.9. The highest BCUT2D eigenvalue weighted by Gasteiger charge is 2.25. The van der Waals surface area contributed by atoms with Gasteiger partial charge >= 0.3 is 5.97 Å². The smallest absolute Gasteiger partial charge is 0.305 e. The van der Waals surface area contributed by atoms with Crippen molar-refractivity contribution in [2.75, 3.05) is 13.2 Å². The molecular weight excluding hydrogens is 693 g/mol. The number of aliphatic hydroxyl groups is 1. The molecular formula is C46H54N2O7. The van der Waals surface area contributed by atoms with Gasteiger partial charge in [0.05, 0.1) is 24.6 Å². The zero-order valence-corrected chi connectivity index (χ0v) is 31.6. The van der Waals surface area contributed by atoms with Crippen LogP contribution in [0.25, 0.3) is 0 Å². The quantitative estimate of drug-likeness (QED) is 0.0366. The Balaban J connectivity index is 1.33. The Morgan fingerprint density at radius 2 is 1.20 bits per heavy atom. The fraction of sp³-hybridized carbons (Fsp3) is 0.326. The highest BCUT2D eigenvalue weighted by molar-refractivity contribution is 5.86. The predicted molar refractivity (Wildman–Crippen MR) is 215 cm³/mol. The van der Waals surface area contributed by atoms with Gasteiger partial charge in [0.15, 0.2) is 0 Å². The Kier molecular flexibility index (Phi) is 18.3. The van der Waals surface area contributed by atoms with Crippen LogP contribution >= 0.6 is 0 Å². The molecule has 0 heterocycles. The van der Waals surface area contributed by atoms with Gasteiger partial charge in [-0.05, 0) is 85.0 Å². The van der Waals surface area contributed by atoms with Crippen LogP contribution in [0.2, 0.25) is 0 Å². The van der Waals surface area contributed by atoms with Gasteiger partial charge in [0, 0.05) is 12.8 Å². The van der Waals surface area contributed by atoms with Gasteiger partial charge in [-0.25, -0.2) is 0 Å². The lowest BCUT2D eigenvalue weighted by Gasteiger charge is -2.23. The van der Waals surface area contributed by atoms with Crippen molar-refractivity contribution in [1.29, 1.82) is 0 Å². The summed E-state index contributed by atoms with van der Waals surface area (Å²) in [4.78, 5) is 39.5. The van der Waals surface area contributed by atoms with E-state index >= 15 is 0 Å². The summed E-state index contributed by atoms with van der Waals surface area (Å²) in [6.07, 6.45) is 7.01. The molecule has 0 saturated heterocycles. The molecule has 0 bridgehead atoms. The first-order valence-corrected chi connectivity index (χ1v) is 18.9. The van der Waals surface area contributed by atoms with Gasteiger partial charge in [-0.2, -0.15) is 0 Å². The molecule has 55 heavy (non-hydrogen) atoms. The van der Waals surface area contributed by atoms with Gasteiger partial charge in [-0.3, -0.25) is 14.4 Å². The van der Waals surface area contributed by atoms with E-state index < -0.39 is 18.0 Å². The predicted octanol–water partition coefficient (Wildman–Crippen LogP) is 7.46. The topological polar surface area (TPSA) is 123 Å². The van der Waals surface area contributed by atoms with Crippen LogP contribution in [-0.2, 0) is 45.2 Å². The van der Waals surface area contributed by atoms with Crippen molar-refractivity contribution in [3.63, 3.8) is 0 Å². The zero-order chi connectivity index (χ0) is 39.1. The molecule has 0 spiro atoms. The van der Waals surface area contributed by atoms with Crippen molar-refractivity contribution in [1.82, 2.24) is 10.6 Å². The van der Waals surface area contributed by atoms with Crippen LogP contribution in [-0.4, -0.2) is 48.2 Å². The van der Waals surface area contributed by atoms with Gasteiger partial charge in [0.25, 0.3) is 0 Å². The normalized spacial score (nSPS) is 12.4. The number of amides is 2. The van der Waals surface area contributed by atoms with Gasteiger partial charge in [0.2, 0.25) is 11.8 Å². The minimum atomic E-state index is -0.719. The van der Waals surface area contributed by atoms with Crippen LogP contribution in [0.5, 0.6) is 11.5 Å². The number of benzene rings is 4. The fourth-order valence-corrected chi connectivity index (χ4v) is 5.94. The maximum Gasteiger partial charge on any atom is 0.305 e. The summed E-state index contributed by atoms with van der Waals surface area (Å²) in [5, 5.41) is 16.0. The van der Waals surface area contributed by atoms with Gasteiger partial charge in [-0.1, -0.05) is 97.1 Å². The van der Waals surface area contributed by atoms with Crippen LogP contribution in [0.15, 0.2) is 135 Å². The van der Waals surface area contributed by atoms with Gasteiger partial charge in [-0.15, -0.1) is 13.2 Å². The van der Waals surface area contributed by atoms with Crippen molar-refractivity contribution in [3.8, 4) is 11.5 Å². The third-order valence-corrected chi connectivity index (χ3v) is 8.98. The monoisotopic (exact) mass is 746 g/mol. The summed E-state index contributed by atoms with van der Waals surface area (Å²) in [5.41, 5.74) is 3.96. The average Bonchev–Trinajstić information content (AvgIpc) is 3.21. The summed E-state index contributed by atoms with van der Waals surface area (Å²) >= 11 is 0. The third-order valence-electron chi connectivity index (χ3n) is 8.98. The summed E-state index contributed by atoms with van der Waals surface area (Å²) < 4.78 is 17.4. The number of rotatable bonds is 25. The highest BCUT2D eigenvalue weighted by atomic mass is 16.5. The van der Waals surface area contributed by atoms with Crippen molar-refractivity contribution in [2.45, 2.75) is 76.7 Å². The zero-order valence-electron chi connectivity index (χ0n) is 31.6. The summed E-state index contributed by atoms with van der Waals surface area (Å²) in [6.45, 7) is 8.13. The summed E-state index contributed by atoms with van der Waals surface area (Å²) in [5.74, 6) is -0.337. The number of aliphatic hydroxyl groups excluding tert-OH is 1. The number of carbonyl (C=O) groups is 3. The molecule has 0 aliphatic carbocycles. The molecule has 3 N–H and O–H groups in total. The molecule has 4 rings (SSSR count). The van der Waals surface area contributed by atoms with E-state index in [0.717, 1.165) is 40.8 Å². The van der Waals surface area contributed by atoms with E-state index in [1.54, 1.807) is 6.08 Å². The molecule has 4 aromatic carbocycles. The Morgan fingerprint density at radius 3 is 1.71 bits per heavy atom. The molecule has 4 aromatic rings. The molecule has 0 fully saturated rings. The van der Waals surface area contributed by atoms with E-state index in [9.17, 15) is 19.5 Å². The van der Waals surface area contributed by atoms with Gasteiger partial charge < -0.3 is 30.0 Å². The number of carbonyl (C=O) groups excluding carboxylic acids is 3. The van der Waals surface area contributed by atoms with Crippen molar-refractivity contribution < 1.29 is 33.7 Å². The molecule has 0 aliphatic rings. The third kappa shape index (κ3) is 16.1. The lowest BCUT2D eigenvalue weighted by Crippen LogP contribution is -2.45. The molecule has 0 saturated carbocycles. The Hall–Kier alpha value is -5.67. The Bertz CT molecular complexity index is 1750. The van der Waals surface area contributed by atoms with E-state index in [-0.39, 0.29) is 50.3 Å². The van der Waals surface area contributed by atoms with Crippen molar-refractivity contribution >= 4 is 17.8 Å². The number of esters is 1. The molecule has 0 radical (unpaired) electrons. The van der Waals surface area contributed by atoms with E-state index in [1.165, 1.54) is 0 Å². The molecule has 0 aliphatic heterocycles. The summed E-state index contributed by atoms with van der Waals surface area (Å²) in [7, 11) is 0. The number of allylic oxidation sites excluding steroid dienone is 2. The summed E-state index contributed by atoms with van der Waals surface area (Å²) in [6, 6.07) is 33.8. The molecule has 0 unspecified atom stereocenters. The van der Waals surface area contributed by atoms with Crippen LogP contribution in [0, 0.1) is 5.92 Å². The van der Waals surface area contributed by atoms with Crippen molar-refractivity contribution in [3.05, 3.63) is 157 Å². The van der Waals surface area contributed by atoms with E-state index in [0.29, 0.717) is 38.2 Å². The number of unbranched alkanes of at least 4 members (excludes halogenated alkanes) is 2. The fourth-order valence-electron chi connectivity index (χ4n) is 5.94. The van der Waals surface area contributed by atoms with E-state index in [2.05, 4.69) is 23.8 Å². The standard InChI is InChI=1S/C46H54N2O7/c1-3-5-6-13-19-45(51)55-34-41(29-36-22-26-43(27-23-36)54-33-38-17-11-8-12-18-38)48-46(52)39(14-4-2)30-44(50)47-40(31-49)28-35-20-24-42(25-21-35)53-32-37-15-9-7-10-16-37/h3-4,7-12,15-18,20-27,39-41,49H,1-2,5-6,13-14,19,28-34H2,(H,47,50)(H,48,52)/t39-,40+,41+/m1/s1. The number of ether oxygens (including phenoxy) is 3. The molecule has 9 nitrogen and oxygen atoms in total. The van der Waals surface area contributed by atoms with E-state index in [4.69, 9.17) is 14.2 Å². The minimum Gasteiger partial charge on any atom is -0.489 e. The first kappa shape index (κ1) is 42.1. The maximum atomic E-state index is 13.7. The molecule has 290 valence electrons. The molecule has 2 amide bonds. The first-order chi connectivity index (χ1) is 26.8. The molecule has 0 aromatic heterocycles. The minimum absolute atomic E-state index is 0.0199. The lowest BCUT2D eigenvalue weighted by atomic mass is 9.97. The number of hydrogen-bond donors (Lipinski definition) is 3. The largest absolute Gasteiger partial charge is 0.489 e. The lowest BCUT2D eigenvalue weighted by molar-refractivity contribution is -0.145. The average molecular weight is 747 g/mol. The maximum absolute atomic E-state index is 13.7. The van der Waals surface area contributed by atoms with Crippen LogP contribution in [0.4, 0.5) is 0 Å². The number of nitrogens with one attached hydrogen (secondary N) is 2. The second kappa shape index (κ2) is 23.9. The second-order valence-electron chi connectivity index (χ2n) is 13.5. The SMILES string of the molecule is C=CCCCCC(=O)OC[C@H](Cc1ccc(OCc2ccccc2)cc1)NC(=O)[C@H](CC=C)CC(=O)N[C@H](CO)Cc1ccc(OCc2ccccc2)cc1. The van der Waals surface area contributed by atoms with Crippen LogP contribution in [0.1, 0.15) is 60.8 Å². The Morgan fingerprint density at radius 1 is 0.655 bits per heavy atom. The number of hydrogen-bond acceptors (Lipinski definition) is 7. The van der Waals surface area contributed by atoms with Crippen LogP contribution < -0.4 is 20.1 Å².